The molecule has 2 fully saturated rings. The first-order valence-electron chi connectivity index (χ1n) is 17.5. The minimum absolute atomic E-state index is 0.0326. The molecule has 7 heteroatoms. The fourth-order valence-electron chi connectivity index (χ4n) is 6.25. The summed E-state index contributed by atoms with van der Waals surface area (Å²) in [6, 6.07) is 20.4. The van der Waals surface area contributed by atoms with Gasteiger partial charge in [-0.05, 0) is 125 Å². The maximum Gasteiger partial charge on any atom is 0.494 e. The van der Waals surface area contributed by atoms with E-state index in [-0.39, 0.29) is 10.8 Å². The van der Waals surface area contributed by atoms with Crippen LogP contribution in [0.1, 0.15) is 122 Å². The Labute approximate surface area is 285 Å². The highest BCUT2D eigenvalue weighted by atomic mass is 16.7. The van der Waals surface area contributed by atoms with Gasteiger partial charge >= 0.3 is 14.2 Å². The first-order chi connectivity index (χ1) is 21.5. The van der Waals surface area contributed by atoms with Crippen molar-refractivity contribution in [2.24, 2.45) is 0 Å². The molecule has 3 heterocycles. The van der Waals surface area contributed by atoms with E-state index in [4.69, 9.17) is 18.6 Å². The van der Waals surface area contributed by atoms with Crippen molar-refractivity contribution in [1.29, 1.82) is 0 Å². The molecule has 0 unspecified atom stereocenters. The SMILES string of the molecule is CC.CC(C)(C)c1ccc2c(c1)c1cc(C(C)(C)C)ccc1n2-c1cc(B2OC(C)(C)C(C)(C)O2)cc(B2OC(C)(C)C(C)(C)O2)c1. The van der Waals surface area contributed by atoms with Gasteiger partial charge in [0, 0.05) is 16.5 Å². The van der Waals surface area contributed by atoms with Crippen LogP contribution in [0.15, 0.2) is 54.6 Å². The van der Waals surface area contributed by atoms with Crippen molar-refractivity contribution < 1.29 is 18.6 Å². The normalized spacial score (nSPS) is 20.2. The van der Waals surface area contributed by atoms with Crippen molar-refractivity contribution in [3.63, 3.8) is 0 Å². The molecule has 0 saturated carbocycles. The van der Waals surface area contributed by atoms with Crippen LogP contribution in [-0.2, 0) is 29.4 Å². The van der Waals surface area contributed by atoms with Crippen molar-refractivity contribution in [3.8, 4) is 5.69 Å². The predicted molar refractivity (Wildman–Crippen MR) is 201 cm³/mol. The zero-order valence-electron chi connectivity index (χ0n) is 31.9. The van der Waals surface area contributed by atoms with E-state index in [0.717, 1.165) is 27.6 Å². The molecule has 0 amide bonds. The lowest BCUT2D eigenvalue weighted by atomic mass is 9.71. The minimum atomic E-state index is -0.524. The maximum absolute atomic E-state index is 6.59. The van der Waals surface area contributed by atoms with Crippen molar-refractivity contribution in [2.75, 3.05) is 0 Å². The number of nitrogens with zero attached hydrogens (tertiary/aromatic N) is 1. The van der Waals surface area contributed by atoms with E-state index in [1.165, 1.54) is 21.9 Å². The zero-order valence-corrected chi connectivity index (χ0v) is 31.9. The van der Waals surface area contributed by atoms with Crippen LogP contribution >= 0.6 is 0 Å². The van der Waals surface area contributed by atoms with E-state index >= 15 is 0 Å². The Bertz CT molecular complexity index is 1650. The van der Waals surface area contributed by atoms with Crippen LogP contribution in [0.4, 0.5) is 0 Å². The fraction of sp³-hybridized carbons (Fsp3) is 0.550. The van der Waals surface area contributed by atoms with Crippen LogP contribution in [0.5, 0.6) is 0 Å². The Morgan fingerprint density at radius 1 is 0.489 bits per heavy atom. The summed E-state index contributed by atoms with van der Waals surface area (Å²) in [4.78, 5) is 0. The molecule has 0 bridgehead atoms. The molecular formula is C40H57B2NO4. The Morgan fingerprint density at radius 3 is 1.11 bits per heavy atom. The summed E-state index contributed by atoms with van der Waals surface area (Å²) in [5.74, 6) is 0. The van der Waals surface area contributed by atoms with E-state index in [9.17, 15) is 0 Å². The molecule has 2 aliphatic rings. The van der Waals surface area contributed by atoms with Crippen molar-refractivity contribution in [2.45, 2.75) is 144 Å². The van der Waals surface area contributed by atoms with E-state index < -0.39 is 36.6 Å². The van der Waals surface area contributed by atoms with E-state index in [1.807, 2.05) is 13.8 Å². The molecule has 2 aliphatic heterocycles. The molecule has 0 atom stereocenters. The summed E-state index contributed by atoms with van der Waals surface area (Å²) in [5, 5.41) is 2.50. The predicted octanol–water partition coefficient (Wildman–Crippen LogP) is 9.00. The number of hydrogen-bond acceptors (Lipinski definition) is 4. The van der Waals surface area contributed by atoms with Crippen LogP contribution in [0, 0.1) is 0 Å². The maximum atomic E-state index is 6.59. The number of hydrogen-bond donors (Lipinski definition) is 0. The van der Waals surface area contributed by atoms with Gasteiger partial charge in [0.05, 0.1) is 33.4 Å². The van der Waals surface area contributed by atoms with Gasteiger partial charge in [-0.2, -0.15) is 0 Å². The number of rotatable bonds is 3. The standard InChI is InChI=1S/C38H51B2NO4.C2H6/c1-33(2,3)24-15-17-31-29(19-24)30-20-25(34(4,5)6)16-18-32(30)41(31)28-22-26(39-42-35(7,8)36(9,10)43-39)21-27(23-28)40-44-37(11,12)38(13,14)45-40;1-2/h15-23H,1-14H3;1-2H3. The van der Waals surface area contributed by atoms with Gasteiger partial charge in [-0.3, -0.25) is 0 Å². The molecule has 1 aromatic heterocycles. The molecule has 0 aliphatic carbocycles. The molecule has 0 spiro atoms. The third-order valence-electron chi connectivity index (χ3n) is 10.8. The smallest absolute Gasteiger partial charge is 0.399 e. The summed E-state index contributed by atoms with van der Waals surface area (Å²) >= 11 is 0. The highest BCUT2D eigenvalue weighted by molar-refractivity contribution is 6.66. The second kappa shape index (κ2) is 11.5. The first-order valence-corrected chi connectivity index (χ1v) is 17.5. The Balaban J connectivity index is 0.00000213. The van der Waals surface area contributed by atoms with Crippen LogP contribution in [-0.4, -0.2) is 41.2 Å². The lowest BCUT2D eigenvalue weighted by molar-refractivity contribution is 0.00578. The number of aromatic nitrogens is 1. The lowest BCUT2D eigenvalue weighted by Crippen LogP contribution is -2.41. The van der Waals surface area contributed by atoms with Crippen LogP contribution in [0.2, 0.25) is 0 Å². The summed E-state index contributed by atoms with van der Waals surface area (Å²) in [7, 11) is -1.05. The quantitative estimate of drug-likeness (QED) is 0.210. The average molecular weight is 638 g/mol. The average Bonchev–Trinajstić information content (AvgIpc) is 3.49. The Kier molecular flexibility index (Phi) is 8.75. The molecule has 6 rings (SSSR count). The highest BCUT2D eigenvalue weighted by Crippen LogP contribution is 2.40. The van der Waals surface area contributed by atoms with Gasteiger partial charge in [-0.1, -0.05) is 73.6 Å². The third-order valence-corrected chi connectivity index (χ3v) is 10.8. The Morgan fingerprint density at radius 2 is 0.809 bits per heavy atom. The molecule has 3 aromatic carbocycles. The van der Waals surface area contributed by atoms with Gasteiger partial charge in [-0.15, -0.1) is 0 Å². The van der Waals surface area contributed by atoms with Gasteiger partial charge in [0.2, 0.25) is 0 Å². The number of benzene rings is 3. The van der Waals surface area contributed by atoms with Gasteiger partial charge in [0.15, 0.2) is 0 Å². The molecule has 0 N–H and O–H groups in total. The van der Waals surface area contributed by atoms with Gasteiger partial charge in [0.1, 0.15) is 0 Å². The summed E-state index contributed by atoms with van der Waals surface area (Å²) < 4.78 is 28.7. The van der Waals surface area contributed by atoms with Crippen LogP contribution < -0.4 is 10.9 Å². The van der Waals surface area contributed by atoms with Crippen molar-refractivity contribution in [1.82, 2.24) is 4.57 Å². The fourth-order valence-corrected chi connectivity index (χ4v) is 6.25. The monoisotopic (exact) mass is 637 g/mol. The summed E-state index contributed by atoms with van der Waals surface area (Å²) in [5.41, 5.74) is 6.11. The molecule has 5 nitrogen and oxygen atoms in total. The highest BCUT2D eigenvalue weighted by Gasteiger charge is 2.54. The lowest BCUT2D eigenvalue weighted by Gasteiger charge is -2.32. The Hall–Kier alpha value is -2.57. The summed E-state index contributed by atoms with van der Waals surface area (Å²) in [6.07, 6.45) is 0. The van der Waals surface area contributed by atoms with Gasteiger partial charge in [0.25, 0.3) is 0 Å². The second-order valence-electron chi connectivity index (χ2n) is 17.3. The molecule has 252 valence electrons. The molecule has 4 aromatic rings. The topological polar surface area (TPSA) is 41.9 Å². The van der Waals surface area contributed by atoms with Crippen LogP contribution in [0.25, 0.3) is 27.5 Å². The van der Waals surface area contributed by atoms with E-state index in [1.54, 1.807) is 0 Å². The third kappa shape index (κ3) is 6.23. The molecular weight excluding hydrogens is 580 g/mol. The second-order valence-corrected chi connectivity index (χ2v) is 17.3. The van der Waals surface area contributed by atoms with Gasteiger partial charge < -0.3 is 23.2 Å². The minimum Gasteiger partial charge on any atom is -0.399 e. The van der Waals surface area contributed by atoms with Crippen molar-refractivity contribution >= 4 is 47.0 Å². The van der Waals surface area contributed by atoms with Crippen molar-refractivity contribution in [3.05, 3.63) is 65.7 Å². The van der Waals surface area contributed by atoms with E-state index in [0.29, 0.717) is 0 Å². The first kappa shape index (κ1) is 35.7. The largest absolute Gasteiger partial charge is 0.494 e. The summed E-state index contributed by atoms with van der Waals surface area (Å²) in [6.45, 7) is 34.4. The molecule has 0 radical (unpaired) electrons. The van der Waals surface area contributed by atoms with Gasteiger partial charge in [-0.25, -0.2) is 0 Å². The molecule has 47 heavy (non-hydrogen) atoms. The molecule has 2 saturated heterocycles. The van der Waals surface area contributed by atoms with E-state index in [2.05, 4.69) is 156 Å². The number of fused-ring (bicyclic) bond motifs is 3. The zero-order chi connectivity index (χ0) is 35.1. The van der Waals surface area contributed by atoms with Crippen LogP contribution in [0.3, 0.4) is 0 Å².